The summed E-state index contributed by atoms with van der Waals surface area (Å²) in [4.78, 5) is 0. The summed E-state index contributed by atoms with van der Waals surface area (Å²) in [5, 5.41) is 38.9. The number of ether oxygens (including phenoxy) is 3. The van der Waals surface area contributed by atoms with E-state index in [9.17, 15) is 20.4 Å². The van der Waals surface area contributed by atoms with Gasteiger partial charge in [0.25, 0.3) is 5.79 Å². The molecule has 1 fully saturated rings. The molecule has 7 nitrogen and oxygen atoms in total. The second kappa shape index (κ2) is 3.63. The summed E-state index contributed by atoms with van der Waals surface area (Å²) in [6.07, 6.45) is -1.88. The minimum Gasteiger partial charge on any atom is -0.382 e. The maximum Gasteiger partial charge on any atom is 0.255 e. The fraction of sp³-hybridized carbons (Fsp3) is 1.00. The van der Waals surface area contributed by atoms with E-state index in [1.165, 1.54) is 0 Å². The number of aliphatic hydroxyl groups is 4. The molecule has 7 heteroatoms. The summed E-state index contributed by atoms with van der Waals surface area (Å²) in [5.74, 6) is -6.75. The molecule has 4 N–H and O–H groups in total. The number of hydrogen-bond donors (Lipinski definition) is 4. The van der Waals surface area contributed by atoms with Crippen LogP contribution in [0.25, 0.3) is 0 Å². The average Bonchev–Trinajstić information content (AvgIpc) is 2.22. The summed E-state index contributed by atoms with van der Waals surface area (Å²) in [6, 6.07) is 0. The van der Waals surface area contributed by atoms with Crippen molar-refractivity contribution in [2.75, 3.05) is 20.8 Å². The third kappa shape index (κ3) is 1.66. The molecule has 0 aliphatic carbocycles. The van der Waals surface area contributed by atoms with E-state index in [1.54, 1.807) is 0 Å². The average molecular weight is 224 g/mol. The van der Waals surface area contributed by atoms with E-state index in [0.29, 0.717) is 0 Å². The van der Waals surface area contributed by atoms with E-state index >= 15 is 0 Å². The largest absolute Gasteiger partial charge is 0.382 e. The van der Waals surface area contributed by atoms with Gasteiger partial charge in [0.15, 0.2) is 11.9 Å². The first kappa shape index (κ1) is 12.8. The van der Waals surface area contributed by atoms with Crippen LogP contribution in [0.15, 0.2) is 0 Å². The summed E-state index contributed by atoms with van der Waals surface area (Å²) in [5.41, 5.74) is 0. The maximum absolute atomic E-state index is 9.92. The highest BCUT2D eigenvalue weighted by atomic mass is 16.8. The van der Waals surface area contributed by atoms with Crippen molar-refractivity contribution >= 4 is 0 Å². The third-order valence-electron chi connectivity index (χ3n) is 2.65. The SMILES string of the molecule is CO[C@@]1(O)CO[C@](C)(O)[C@@H](O)[C@@]1(O)OC. The predicted octanol–water partition coefficient (Wildman–Crippen LogP) is -2.24. The molecule has 0 aromatic heterocycles. The lowest BCUT2D eigenvalue weighted by atomic mass is 9.91. The number of aliphatic hydroxyl groups excluding tert-OH is 1. The van der Waals surface area contributed by atoms with Gasteiger partial charge in [0.05, 0.1) is 0 Å². The molecule has 1 rings (SSSR count). The first-order chi connectivity index (χ1) is 6.73. The summed E-state index contributed by atoms with van der Waals surface area (Å²) < 4.78 is 14.0. The lowest BCUT2D eigenvalue weighted by molar-refractivity contribution is -0.476. The minimum absolute atomic E-state index is 0.544. The molecule has 1 heterocycles. The Labute approximate surface area is 86.8 Å². The van der Waals surface area contributed by atoms with Gasteiger partial charge >= 0.3 is 0 Å². The molecule has 0 spiro atoms. The van der Waals surface area contributed by atoms with Crippen LogP contribution >= 0.6 is 0 Å². The van der Waals surface area contributed by atoms with E-state index in [4.69, 9.17) is 4.74 Å². The zero-order chi connectivity index (χ0) is 11.9. The Kier molecular flexibility index (Phi) is 3.10. The van der Waals surface area contributed by atoms with Crippen molar-refractivity contribution < 1.29 is 34.6 Å². The molecule has 0 saturated carbocycles. The van der Waals surface area contributed by atoms with Crippen LogP contribution in [0.5, 0.6) is 0 Å². The zero-order valence-electron chi connectivity index (χ0n) is 8.80. The van der Waals surface area contributed by atoms with Gasteiger partial charge in [-0.1, -0.05) is 0 Å². The molecule has 0 unspecified atom stereocenters. The van der Waals surface area contributed by atoms with E-state index in [-0.39, 0.29) is 0 Å². The summed E-state index contributed by atoms with van der Waals surface area (Å²) in [7, 11) is 2.18. The molecule has 15 heavy (non-hydrogen) atoms. The Morgan fingerprint density at radius 3 is 2.13 bits per heavy atom. The predicted molar refractivity (Wildman–Crippen MR) is 46.5 cm³/mol. The molecule has 0 aromatic carbocycles. The molecular weight excluding hydrogens is 208 g/mol. The second-order valence-electron chi connectivity index (χ2n) is 3.63. The van der Waals surface area contributed by atoms with E-state index < -0.39 is 30.1 Å². The Morgan fingerprint density at radius 2 is 1.73 bits per heavy atom. The van der Waals surface area contributed by atoms with Gasteiger partial charge in [-0.15, -0.1) is 0 Å². The summed E-state index contributed by atoms with van der Waals surface area (Å²) >= 11 is 0. The van der Waals surface area contributed by atoms with Crippen LogP contribution in [0.3, 0.4) is 0 Å². The normalized spacial score (nSPS) is 51.8. The Hall–Kier alpha value is -0.280. The number of methoxy groups -OCH3 is 2. The van der Waals surface area contributed by atoms with Gasteiger partial charge in [-0.25, -0.2) is 0 Å². The molecular formula is C8H16O7. The van der Waals surface area contributed by atoms with Crippen LogP contribution in [0, 0.1) is 0 Å². The quantitative estimate of drug-likeness (QED) is 0.392. The topological polar surface area (TPSA) is 109 Å². The highest BCUT2D eigenvalue weighted by molar-refractivity contribution is 5.00. The van der Waals surface area contributed by atoms with Gasteiger partial charge in [-0.05, 0) is 6.92 Å². The van der Waals surface area contributed by atoms with Crippen molar-refractivity contribution in [3.05, 3.63) is 0 Å². The Morgan fingerprint density at radius 1 is 1.20 bits per heavy atom. The standard InChI is InChI=1S/C8H16O7/c1-6(10)5(9)8(12,14-3)7(11,13-2)4-15-6/h5,9-12H,4H2,1-3H3/t5-,6+,7+,8-/m1/s1. The van der Waals surface area contributed by atoms with Crippen molar-refractivity contribution in [2.45, 2.75) is 30.4 Å². The third-order valence-corrected chi connectivity index (χ3v) is 2.65. The van der Waals surface area contributed by atoms with E-state index in [1.807, 2.05) is 0 Å². The van der Waals surface area contributed by atoms with Crippen LogP contribution in [-0.2, 0) is 14.2 Å². The zero-order valence-corrected chi connectivity index (χ0v) is 8.80. The van der Waals surface area contributed by atoms with Gasteiger partial charge in [0, 0.05) is 14.2 Å². The van der Waals surface area contributed by atoms with Gasteiger partial charge < -0.3 is 34.6 Å². The Balaban J connectivity index is 3.10. The van der Waals surface area contributed by atoms with Crippen molar-refractivity contribution in [1.29, 1.82) is 0 Å². The molecule has 0 aromatic rings. The first-order valence-corrected chi connectivity index (χ1v) is 4.33. The highest BCUT2D eigenvalue weighted by Crippen LogP contribution is 2.38. The van der Waals surface area contributed by atoms with E-state index in [0.717, 1.165) is 21.1 Å². The van der Waals surface area contributed by atoms with Gasteiger partial charge in [-0.3, -0.25) is 0 Å². The van der Waals surface area contributed by atoms with Crippen molar-refractivity contribution in [1.82, 2.24) is 0 Å². The van der Waals surface area contributed by atoms with Crippen LogP contribution in [0.1, 0.15) is 6.92 Å². The van der Waals surface area contributed by atoms with Crippen molar-refractivity contribution in [3.8, 4) is 0 Å². The lowest BCUT2D eigenvalue weighted by Gasteiger charge is -2.51. The fourth-order valence-corrected chi connectivity index (χ4v) is 1.48. The summed E-state index contributed by atoms with van der Waals surface area (Å²) in [6.45, 7) is 0.592. The van der Waals surface area contributed by atoms with Crippen molar-refractivity contribution in [2.24, 2.45) is 0 Å². The van der Waals surface area contributed by atoms with Gasteiger partial charge in [-0.2, -0.15) is 0 Å². The van der Waals surface area contributed by atoms with Gasteiger partial charge in [0.1, 0.15) is 6.61 Å². The first-order valence-electron chi connectivity index (χ1n) is 4.33. The van der Waals surface area contributed by atoms with Crippen LogP contribution in [0.4, 0.5) is 0 Å². The second-order valence-corrected chi connectivity index (χ2v) is 3.63. The molecule has 90 valence electrons. The molecule has 0 radical (unpaired) electrons. The highest BCUT2D eigenvalue weighted by Gasteiger charge is 2.65. The number of hydrogen-bond acceptors (Lipinski definition) is 7. The van der Waals surface area contributed by atoms with Crippen molar-refractivity contribution in [3.63, 3.8) is 0 Å². The molecule has 4 atom stereocenters. The van der Waals surface area contributed by atoms with Crippen LogP contribution < -0.4 is 0 Å². The molecule has 0 bridgehead atoms. The van der Waals surface area contributed by atoms with Crippen LogP contribution in [-0.4, -0.2) is 64.7 Å². The Bertz CT molecular complexity index is 243. The minimum atomic E-state index is -2.47. The lowest BCUT2D eigenvalue weighted by Crippen LogP contribution is -2.75. The van der Waals surface area contributed by atoms with Crippen LogP contribution in [0.2, 0.25) is 0 Å². The fourth-order valence-electron chi connectivity index (χ4n) is 1.48. The molecule has 0 amide bonds. The van der Waals surface area contributed by atoms with Gasteiger partial charge in [0.2, 0.25) is 5.79 Å². The maximum atomic E-state index is 9.92. The number of rotatable bonds is 2. The molecule has 1 saturated heterocycles. The molecule has 1 aliphatic heterocycles. The van der Waals surface area contributed by atoms with E-state index in [2.05, 4.69) is 9.47 Å². The smallest absolute Gasteiger partial charge is 0.255 e. The molecule has 1 aliphatic rings. The monoisotopic (exact) mass is 224 g/mol.